The lowest BCUT2D eigenvalue weighted by Gasteiger charge is -2.22. The summed E-state index contributed by atoms with van der Waals surface area (Å²) in [5.74, 6) is -0.394. The van der Waals surface area contributed by atoms with Crippen LogP contribution in [-0.4, -0.2) is 62.6 Å². The average molecular weight is 487 g/mol. The first kappa shape index (κ1) is 25.2. The Bertz CT molecular complexity index is 1020. The van der Waals surface area contributed by atoms with E-state index in [-0.39, 0.29) is 36.6 Å². The molecule has 0 aliphatic carbocycles. The molecule has 1 aliphatic heterocycles. The SMILES string of the molecule is CCOc1nc(N)nc2c1ncn2[C@@H]1O[C@H](CO[P+](=O)N[C@@H](C)C(=O)OC(C)C)C[C@@]1(C)F. The number of anilines is 1. The first-order valence-corrected chi connectivity index (χ1v) is 11.7. The molecule has 3 rings (SSSR count). The van der Waals surface area contributed by atoms with Gasteiger partial charge in [0, 0.05) is 6.42 Å². The first-order chi connectivity index (χ1) is 15.5. The molecule has 0 amide bonds. The number of hydrogen-bond donors (Lipinski definition) is 2. The molecule has 2 aromatic heterocycles. The van der Waals surface area contributed by atoms with Gasteiger partial charge < -0.3 is 19.9 Å². The van der Waals surface area contributed by atoms with Crippen LogP contribution < -0.4 is 15.6 Å². The van der Waals surface area contributed by atoms with Crippen LogP contribution in [0.3, 0.4) is 0 Å². The number of carbonyl (C=O) groups is 1. The van der Waals surface area contributed by atoms with Crippen LogP contribution >= 0.6 is 8.18 Å². The Kier molecular flexibility index (Phi) is 7.78. The maximum absolute atomic E-state index is 15.4. The van der Waals surface area contributed by atoms with E-state index in [0.717, 1.165) is 0 Å². The summed E-state index contributed by atoms with van der Waals surface area (Å²) < 4.78 is 50.7. The highest BCUT2D eigenvalue weighted by molar-refractivity contribution is 7.36. The number of fused-ring (bicyclic) bond motifs is 1. The van der Waals surface area contributed by atoms with Crippen LogP contribution in [0.25, 0.3) is 11.2 Å². The molecular weight excluding hydrogens is 458 g/mol. The highest BCUT2D eigenvalue weighted by Gasteiger charge is 2.48. The molecule has 33 heavy (non-hydrogen) atoms. The Morgan fingerprint density at radius 1 is 1.45 bits per heavy atom. The molecular formula is C19H29FN6O6P+. The molecule has 1 saturated heterocycles. The van der Waals surface area contributed by atoms with E-state index in [1.807, 2.05) is 0 Å². The van der Waals surface area contributed by atoms with E-state index < -0.39 is 38.2 Å². The van der Waals surface area contributed by atoms with Gasteiger partial charge in [-0.3, -0.25) is 9.36 Å². The van der Waals surface area contributed by atoms with Crippen LogP contribution in [0.2, 0.25) is 0 Å². The van der Waals surface area contributed by atoms with Crippen molar-refractivity contribution in [2.75, 3.05) is 18.9 Å². The van der Waals surface area contributed by atoms with Crippen molar-refractivity contribution in [3.63, 3.8) is 0 Å². The lowest BCUT2D eigenvalue weighted by atomic mass is 10.0. The van der Waals surface area contributed by atoms with Crippen molar-refractivity contribution in [1.82, 2.24) is 24.6 Å². The number of carbonyl (C=O) groups excluding carboxylic acids is 1. The molecule has 5 atom stereocenters. The van der Waals surface area contributed by atoms with Gasteiger partial charge in [0.2, 0.25) is 11.8 Å². The van der Waals surface area contributed by atoms with Crippen LogP contribution in [0, 0.1) is 0 Å². The summed E-state index contributed by atoms with van der Waals surface area (Å²) in [4.78, 5) is 24.3. The normalized spacial score (nSPS) is 24.3. The van der Waals surface area contributed by atoms with E-state index >= 15 is 4.39 Å². The number of nitrogen functional groups attached to an aromatic ring is 1. The minimum atomic E-state index is -2.40. The number of aromatic nitrogens is 4. The van der Waals surface area contributed by atoms with Gasteiger partial charge >= 0.3 is 14.1 Å². The predicted molar refractivity (Wildman–Crippen MR) is 116 cm³/mol. The molecule has 2 aromatic rings. The van der Waals surface area contributed by atoms with E-state index in [1.54, 1.807) is 20.8 Å². The van der Waals surface area contributed by atoms with E-state index in [1.165, 1.54) is 24.7 Å². The standard InChI is InChI=1S/C19H29FN6O6P/c1-6-29-15-13-14(23-18(21)24-15)26(9-22-13)17-19(5,20)7-12(32-17)8-30-33(28)25-11(4)16(27)31-10(2)3/h9-12,17H,6-8H2,1-5H3,(H,25,28)(H2,21,23,24)/q+1/t11-,12-,17+,19+/m0/s1. The number of nitrogens with one attached hydrogen (secondary N) is 1. The largest absolute Gasteiger partial charge is 0.613 e. The smallest absolute Gasteiger partial charge is 0.476 e. The van der Waals surface area contributed by atoms with E-state index in [2.05, 4.69) is 20.0 Å². The molecule has 14 heteroatoms. The van der Waals surface area contributed by atoms with Crippen LogP contribution in [0.1, 0.15) is 47.3 Å². The minimum Gasteiger partial charge on any atom is -0.476 e. The third-order valence-electron chi connectivity index (χ3n) is 4.79. The van der Waals surface area contributed by atoms with Crippen molar-refractivity contribution in [2.45, 2.75) is 71.2 Å². The molecule has 0 aromatic carbocycles. The number of imidazole rings is 1. The van der Waals surface area contributed by atoms with Gasteiger partial charge in [-0.05, 0) is 39.2 Å². The number of rotatable bonds is 10. The van der Waals surface area contributed by atoms with E-state index in [4.69, 9.17) is 24.5 Å². The Morgan fingerprint density at radius 2 is 2.18 bits per heavy atom. The summed E-state index contributed by atoms with van der Waals surface area (Å²) in [5, 5.41) is 2.52. The zero-order chi connectivity index (χ0) is 24.3. The summed E-state index contributed by atoms with van der Waals surface area (Å²) in [6.45, 7) is 8.31. The lowest BCUT2D eigenvalue weighted by molar-refractivity contribution is -0.149. The van der Waals surface area contributed by atoms with Gasteiger partial charge in [-0.2, -0.15) is 9.97 Å². The average Bonchev–Trinajstić information content (AvgIpc) is 3.25. The van der Waals surface area contributed by atoms with Crippen LogP contribution in [0.5, 0.6) is 5.88 Å². The topological polar surface area (TPSA) is 153 Å². The number of nitrogens with two attached hydrogens (primary N) is 1. The quantitative estimate of drug-likeness (QED) is 0.375. The Labute approximate surface area is 191 Å². The van der Waals surface area contributed by atoms with Gasteiger partial charge in [-0.15, -0.1) is 4.52 Å². The summed E-state index contributed by atoms with van der Waals surface area (Å²) in [6.07, 6.45) is -0.713. The fourth-order valence-electron chi connectivity index (χ4n) is 3.42. The Hall–Kier alpha value is -2.47. The minimum absolute atomic E-state index is 0.0235. The zero-order valence-electron chi connectivity index (χ0n) is 19.1. The molecule has 1 unspecified atom stereocenters. The van der Waals surface area contributed by atoms with Gasteiger partial charge in [0.05, 0.1) is 25.1 Å². The summed E-state index contributed by atoms with van der Waals surface area (Å²) in [6, 6.07) is -0.832. The molecule has 3 heterocycles. The van der Waals surface area contributed by atoms with Crippen LogP contribution in [-0.2, 0) is 23.4 Å². The number of hydrogen-bond acceptors (Lipinski definition) is 10. The highest BCUT2D eigenvalue weighted by atomic mass is 31.1. The number of halogens is 1. The van der Waals surface area contributed by atoms with E-state index in [0.29, 0.717) is 12.1 Å². The molecule has 1 fully saturated rings. The molecule has 0 saturated carbocycles. The van der Waals surface area contributed by atoms with Gasteiger partial charge in [0.25, 0.3) is 0 Å². The van der Waals surface area contributed by atoms with Crippen molar-refractivity contribution in [1.29, 1.82) is 0 Å². The van der Waals surface area contributed by atoms with Crippen molar-refractivity contribution in [2.24, 2.45) is 0 Å². The summed E-state index contributed by atoms with van der Waals surface area (Å²) in [7, 11) is -2.40. The predicted octanol–water partition coefficient (Wildman–Crippen LogP) is 2.43. The second-order valence-electron chi connectivity index (χ2n) is 8.13. The van der Waals surface area contributed by atoms with E-state index in [9.17, 15) is 9.36 Å². The molecule has 12 nitrogen and oxygen atoms in total. The first-order valence-electron chi connectivity index (χ1n) is 10.6. The summed E-state index contributed by atoms with van der Waals surface area (Å²) in [5.41, 5.74) is 4.57. The molecule has 0 radical (unpaired) electrons. The number of alkyl halides is 1. The van der Waals surface area contributed by atoms with Crippen LogP contribution in [0.15, 0.2) is 6.33 Å². The third-order valence-corrected chi connectivity index (χ3v) is 5.77. The second kappa shape index (κ2) is 10.2. The van der Waals surface area contributed by atoms with Crippen molar-refractivity contribution in [3.8, 4) is 5.88 Å². The summed E-state index contributed by atoms with van der Waals surface area (Å²) >= 11 is 0. The Balaban J connectivity index is 1.66. The number of nitrogens with zero attached hydrogens (tertiary/aromatic N) is 4. The van der Waals surface area contributed by atoms with Crippen molar-refractivity contribution < 1.29 is 32.5 Å². The monoisotopic (exact) mass is 487 g/mol. The third kappa shape index (κ3) is 5.91. The van der Waals surface area contributed by atoms with Crippen molar-refractivity contribution >= 4 is 31.3 Å². The highest BCUT2D eigenvalue weighted by Crippen LogP contribution is 2.43. The molecule has 182 valence electrons. The maximum Gasteiger partial charge on any atom is 0.613 e. The Morgan fingerprint density at radius 3 is 2.85 bits per heavy atom. The maximum atomic E-state index is 15.4. The van der Waals surface area contributed by atoms with Crippen LogP contribution in [0.4, 0.5) is 10.3 Å². The number of ether oxygens (including phenoxy) is 3. The molecule has 3 N–H and O–H groups in total. The van der Waals surface area contributed by atoms with Gasteiger partial charge in [-0.1, -0.05) is 5.09 Å². The fraction of sp³-hybridized carbons (Fsp3) is 0.684. The van der Waals surface area contributed by atoms with Crippen molar-refractivity contribution in [3.05, 3.63) is 6.33 Å². The lowest BCUT2D eigenvalue weighted by Crippen LogP contribution is -2.33. The van der Waals surface area contributed by atoms with Gasteiger partial charge in [0.15, 0.2) is 23.1 Å². The molecule has 0 bridgehead atoms. The fourth-order valence-corrected chi connectivity index (χ4v) is 4.22. The number of esters is 1. The second-order valence-corrected chi connectivity index (χ2v) is 9.16. The van der Waals surface area contributed by atoms with Gasteiger partial charge in [-0.25, -0.2) is 9.37 Å². The molecule has 0 spiro atoms. The zero-order valence-corrected chi connectivity index (χ0v) is 20.0. The molecule has 1 aliphatic rings. The van der Waals surface area contributed by atoms with Gasteiger partial charge in [0.1, 0.15) is 12.6 Å².